The number of aliphatic hydroxyl groups is 1. The molecule has 2 spiro atoms. The van der Waals surface area contributed by atoms with Gasteiger partial charge < -0.3 is 47.6 Å². The van der Waals surface area contributed by atoms with Gasteiger partial charge in [-0.2, -0.15) is 4.98 Å². The summed E-state index contributed by atoms with van der Waals surface area (Å²) in [6.45, 7) is 24.8. The molecule has 30 heteroatoms. The standard InChI is InChI=1S/C25H25ClF2N4O.C25H26ClFN4O.C21H28Cl2N4O2.C19H24Cl2N4O/c1-14-23(30-15(2)32(24(14)33)19-8-7-18(27)21(28)20(19)26)31-11-9-25(10-12-31)13-16-5-3-4-6-17(16)22(25)29;1-15-23(29-16(2)31(24(15)32)20-9-5-8-19(27)21(20)26)30-12-10-25(11-13-30)14-17-6-3-4-7-18(17)22(25)28;1-13(28)12-21(24)8-5-10-26(11-9-21)19-14(2)20(29)27(15(3)25-19)17-7-4-6-16(22)18(17)23;1-4-19(3)8-10-24(11-9-19)16-12(2)17(26)25(18(22)23-16)14-7-5-6-13(20)15(14)21/h3-8,22H,9-13,29H2,1-2H3;3-9,22H,10-14,28H2,1-2H3;4,6-7,13,28H,5,8-12,24H2,1-3H3;5-7H,4,8-11H2,1-3H3,(H2,22,23)/t2*22-;;/m11../s1. The number of aryl methyl sites for hydroxylation is 3. The van der Waals surface area contributed by atoms with Crippen LogP contribution in [-0.2, 0) is 12.8 Å². The third-order valence-corrected chi connectivity index (χ3v) is 28.2. The number of anilines is 5. The first-order chi connectivity index (χ1) is 56.9. The van der Waals surface area contributed by atoms with Crippen molar-refractivity contribution in [3.63, 3.8) is 0 Å². The molecular weight excluding hydrogens is 1650 g/mol. The van der Waals surface area contributed by atoms with E-state index in [1.54, 1.807) is 104 Å². The molecule has 10 aromatic rings. The largest absolute Gasteiger partial charge is 0.393 e. The summed E-state index contributed by atoms with van der Waals surface area (Å²) in [6.07, 6.45) is 11.6. The lowest BCUT2D eigenvalue weighted by atomic mass is 9.73. The van der Waals surface area contributed by atoms with E-state index in [4.69, 9.17) is 103 Å². The number of benzene rings is 6. The maximum Gasteiger partial charge on any atom is 0.264 e. The average molecular weight is 1760 g/mol. The molecule has 4 fully saturated rings. The number of fused-ring (bicyclic) bond motifs is 2. The predicted molar refractivity (Wildman–Crippen MR) is 478 cm³/mol. The van der Waals surface area contributed by atoms with E-state index in [1.165, 1.54) is 52.7 Å². The quantitative estimate of drug-likeness (QED) is 0.0753. The van der Waals surface area contributed by atoms with Crippen LogP contribution in [0.25, 0.3) is 22.7 Å². The predicted octanol–water partition coefficient (Wildman–Crippen LogP) is 17.2. The number of aromatic nitrogens is 8. The molecule has 6 aliphatic rings. The van der Waals surface area contributed by atoms with Gasteiger partial charge in [0.2, 0.25) is 5.95 Å². The molecule has 4 aliphatic heterocycles. The lowest BCUT2D eigenvalue weighted by Gasteiger charge is -2.43. The Balaban J connectivity index is 0.000000139. The molecule has 4 atom stereocenters. The second-order valence-corrected chi connectivity index (χ2v) is 35.9. The van der Waals surface area contributed by atoms with Crippen LogP contribution in [0.5, 0.6) is 0 Å². The lowest BCUT2D eigenvalue weighted by Crippen LogP contribution is -2.45. The number of aliphatic hydroxyl groups excluding tert-OH is 1. The van der Waals surface area contributed by atoms with Crippen molar-refractivity contribution in [3.8, 4) is 22.7 Å². The molecule has 9 N–H and O–H groups in total. The maximum atomic E-state index is 14.0. The van der Waals surface area contributed by atoms with Gasteiger partial charge in [0, 0.05) is 70.0 Å². The van der Waals surface area contributed by atoms with Crippen molar-refractivity contribution in [1.29, 1.82) is 0 Å². The van der Waals surface area contributed by atoms with Crippen molar-refractivity contribution in [2.75, 3.05) is 77.7 Å². The molecule has 8 heterocycles. The van der Waals surface area contributed by atoms with Crippen LogP contribution in [0.3, 0.4) is 0 Å². The highest BCUT2D eigenvalue weighted by atomic mass is 35.5. The van der Waals surface area contributed by atoms with Gasteiger partial charge in [-0.1, -0.05) is 157 Å². The zero-order chi connectivity index (χ0) is 86.5. The minimum Gasteiger partial charge on any atom is -0.393 e. The van der Waals surface area contributed by atoms with Gasteiger partial charge in [0.15, 0.2) is 11.6 Å². The third kappa shape index (κ3) is 17.4. The van der Waals surface area contributed by atoms with Gasteiger partial charge in [-0.3, -0.25) is 32.9 Å². The molecule has 0 bridgehead atoms. The Labute approximate surface area is 727 Å². The number of halogens is 9. The van der Waals surface area contributed by atoms with Crippen LogP contribution in [0.1, 0.15) is 165 Å². The summed E-state index contributed by atoms with van der Waals surface area (Å²) in [5.74, 6) is 1.35. The smallest absolute Gasteiger partial charge is 0.264 e. The Kier molecular flexibility index (Phi) is 26.7. The molecule has 0 radical (unpaired) electrons. The fourth-order valence-corrected chi connectivity index (χ4v) is 19.7. The SMILES string of the molecule is CCC1(C)CCN(c2nc(N)n(-c3cccc(Cl)c3Cl)c(=O)c2C)CC1.Cc1c(N2CCC3(CC2)Cc2ccccc2[C@H]3N)nc(C)n(-c2ccc(F)c(F)c2Cl)c1=O.Cc1c(N2CCC3(CC2)Cc2ccccc2[C@H]3N)nc(C)n(-c2cccc(F)c2Cl)c1=O.Cc1c(N2CCCC(N)(CC(C)O)CC2)nc(C)n(-c2cccc(Cl)c2Cl)c1=O. The fourth-order valence-electron chi connectivity index (χ4n) is 18.5. The molecule has 16 rings (SSSR count). The van der Waals surface area contributed by atoms with E-state index in [2.05, 4.69) is 85.9 Å². The van der Waals surface area contributed by atoms with Gasteiger partial charge in [-0.25, -0.2) is 32.7 Å². The first kappa shape index (κ1) is 89.0. The molecule has 120 heavy (non-hydrogen) atoms. The van der Waals surface area contributed by atoms with Crippen molar-refractivity contribution in [1.82, 2.24) is 38.2 Å². The summed E-state index contributed by atoms with van der Waals surface area (Å²) in [7, 11) is 0. The fraction of sp³-hybridized carbons (Fsp3) is 0.422. The highest BCUT2D eigenvalue weighted by Gasteiger charge is 2.48. The van der Waals surface area contributed by atoms with Crippen molar-refractivity contribution < 1.29 is 18.3 Å². The molecule has 6 aromatic carbocycles. The summed E-state index contributed by atoms with van der Waals surface area (Å²) < 4.78 is 47.0. The van der Waals surface area contributed by atoms with Crippen molar-refractivity contribution in [2.45, 2.75) is 176 Å². The van der Waals surface area contributed by atoms with E-state index in [9.17, 15) is 37.5 Å². The topological polar surface area (TPSA) is 277 Å². The summed E-state index contributed by atoms with van der Waals surface area (Å²) >= 11 is 37.0. The van der Waals surface area contributed by atoms with Crippen LogP contribution in [0, 0.1) is 82.2 Å². The number of hydrogen-bond donors (Lipinski definition) is 5. The summed E-state index contributed by atoms with van der Waals surface area (Å²) in [4.78, 5) is 80.1. The number of nitrogens with zero attached hydrogens (tertiary/aromatic N) is 12. The van der Waals surface area contributed by atoms with Crippen molar-refractivity contribution in [3.05, 3.63) is 266 Å². The molecule has 4 saturated heterocycles. The van der Waals surface area contributed by atoms with Gasteiger partial charge in [-0.15, -0.1) is 0 Å². The zero-order valence-corrected chi connectivity index (χ0v) is 73.7. The van der Waals surface area contributed by atoms with Crippen molar-refractivity contribution in [2.24, 2.45) is 33.4 Å². The first-order valence-corrected chi connectivity index (χ1v) is 43.0. The van der Waals surface area contributed by atoms with Crippen LogP contribution in [0.2, 0.25) is 30.1 Å². The molecule has 2 aliphatic carbocycles. The molecule has 0 amide bonds. The van der Waals surface area contributed by atoms with Crippen LogP contribution in [-0.4, -0.2) is 107 Å². The average Bonchev–Trinajstić information content (AvgIpc) is 1.55. The zero-order valence-electron chi connectivity index (χ0n) is 69.2. The number of rotatable bonds is 11. The Morgan fingerprint density at radius 3 is 1.24 bits per heavy atom. The summed E-state index contributed by atoms with van der Waals surface area (Å²) in [5.41, 5.74) is 33.8. The Hall–Kier alpha value is -8.79. The van der Waals surface area contributed by atoms with E-state index >= 15 is 0 Å². The molecular formula is C90H103Cl6F3N16O5. The van der Waals surface area contributed by atoms with Gasteiger partial charge in [0.25, 0.3) is 22.2 Å². The molecule has 2 unspecified atom stereocenters. The van der Waals surface area contributed by atoms with E-state index in [0.29, 0.717) is 114 Å². The first-order valence-electron chi connectivity index (χ1n) is 40.8. The molecule has 21 nitrogen and oxygen atoms in total. The minimum atomic E-state index is -1.18. The minimum absolute atomic E-state index is 0.00941. The van der Waals surface area contributed by atoms with Crippen LogP contribution in [0.4, 0.5) is 42.4 Å². The van der Waals surface area contributed by atoms with Crippen molar-refractivity contribution >= 4 is 98.8 Å². The van der Waals surface area contributed by atoms with E-state index in [1.807, 2.05) is 6.07 Å². The number of nitrogen functional groups attached to an aromatic ring is 1. The lowest BCUT2D eigenvalue weighted by molar-refractivity contribution is 0.143. The number of piperidine rings is 3. The van der Waals surface area contributed by atoms with E-state index in [-0.39, 0.29) is 66.8 Å². The molecule has 4 aromatic heterocycles. The Morgan fingerprint density at radius 2 is 0.817 bits per heavy atom. The summed E-state index contributed by atoms with van der Waals surface area (Å²) in [5, 5.41) is 10.6. The van der Waals surface area contributed by atoms with Crippen LogP contribution < -0.4 is 64.8 Å². The Morgan fingerprint density at radius 1 is 0.450 bits per heavy atom. The van der Waals surface area contributed by atoms with Gasteiger partial charge in [0.05, 0.1) is 71.2 Å². The highest BCUT2D eigenvalue weighted by Crippen LogP contribution is 2.53. The normalized spacial score (nSPS) is 19.2. The second kappa shape index (κ2) is 36.0. The van der Waals surface area contributed by atoms with Gasteiger partial charge >= 0.3 is 0 Å². The van der Waals surface area contributed by atoms with Crippen LogP contribution >= 0.6 is 69.6 Å². The highest BCUT2D eigenvalue weighted by molar-refractivity contribution is 6.43. The van der Waals surface area contributed by atoms with Gasteiger partial charge in [-0.05, 0) is 219 Å². The summed E-state index contributed by atoms with van der Waals surface area (Å²) in [6, 6.07) is 33.9. The number of nitrogens with two attached hydrogens (primary N) is 4. The molecule has 636 valence electrons. The third-order valence-electron chi connectivity index (χ3n) is 25.8. The second-order valence-electron chi connectivity index (χ2n) is 33.5. The van der Waals surface area contributed by atoms with Gasteiger partial charge in [0.1, 0.15) is 56.6 Å². The van der Waals surface area contributed by atoms with E-state index in [0.717, 1.165) is 129 Å². The molecule has 0 saturated carbocycles. The van der Waals surface area contributed by atoms with Crippen LogP contribution in [0.15, 0.2) is 134 Å². The van der Waals surface area contributed by atoms with E-state index < -0.39 is 34.1 Å². The Bertz CT molecular complexity index is 5820. The monoisotopic (exact) mass is 1750 g/mol. The number of hydrogen-bond acceptors (Lipinski definition) is 17. The maximum absolute atomic E-state index is 14.0.